The fourth-order valence-corrected chi connectivity index (χ4v) is 2.45. The highest BCUT2D eigenvalue weighted by Crippen LogP contribution is 2.40. The summed E-state index contributed by atoms with van der Waals surface area (Å²) in [5.74, 6) is 6.03. The van der Waals surface area contributed by atoms with Crippen molar-refractivity contribution in [2.75, 3.05) is 7.11 Å². The average molecular weight is 170 g/mol. The van der Waals surface area contributed by atoms with Crippen molar-refractivity contribution in [3.05, 3.63) is 0 Å². The van der Waals surface area contributed by atoms with Crippen LogP contribution < -0.4 is 5.84 Å². The highest BCUT2D eigenvalue weighted by Gasteiger charge is 2.48. The fraction of sp³-hybridized carbons (Fsp3) is 0.875. The van der Waals surface area contributed by atoms with E-state index in [4.69, 9.17) is 10.6 Å². The molecule has 0 spiro atoms. The van der Waals surface area contributed by atoms with E-state index in [1.54, 1.807) is 5.01 Å². The van der Waals surface area contributed by atoms with Gasteiger partial charge < -0.3 is 4.74 Å². The molecule has 2 rings (SSSR count). The van der Waals surface area contributed by atoms with Crippen LogP contribution in [-0.2, 0) is 9.53 Å². The fourth-order valence-electron chi connectivity index (χ4n) is 2.45. The quantitative estimate of drug-likeness (QED) is 0.440. The molecular formula is C8H14N2O2. The maximum absolute atomic E-state index is 11.3. The number of carbonyl (C=O) groups excluding carboxylic acids is 1. The molecule has 68 valence electrons. The average Bonchev–Trinajstić information content (AvgIpc) is 2.63. The zero-order valence-electron chi connectivity index (χ0n) is 7.19. The molecule has 0 unspecified atom stereocenters. The Morgan fingerprint density at radius 2 is 2.33 bits per heavy atom. The molecular weight excluding hydrogens is 156 g/mol. The Balaban J connectivity index is 2.12. The third kappa shape index (κ3) is 0.949. The molecule has 2 aliphatic rings. The number of nitrogens with two attached hydrogens (primary N) is 1. The van der Waals surface area contributed by atoms with Crippen LogP contribution in [0.3, 0.4) is 0 Å². The van der Waals surface area contributed by atoms with Gasteiger partial charge in [0.05, 0.1) is 7.11 Å². The maximum Gasteiger partial charge on any atom is 0.324 e. The van der Waals surface area contributed by atoms with Gasteiger partial charge in [0.2, 0.25) is 0 Å². The number of hydrazine groups is 1. The van der Waals surface area contributed by atoms with Crippen LogP contribution in [0.15, 0.2) is 0 Å². The van der Waals surface area contributed by atoms with Crippen molar-refractivity contribution in [3.63, 3.8) is 0 Å². The first-order valence-electron chi connectivity index (χ1n) is 4.35. The first-order valence-corrected chi connectivity index (χ1v) is 4.35. The van der Waals surface area contributed by atoms with Crippen molar-refractivity contribution in [2.24, 2.45) is 11.8 Å². The Kier molecular flexibility index (Phi) is 1.81. The number of esters is 1. The third-order valence-electron chi connectivity index (χ3n) is 3.08. The van der Waals surface area contributed by atoms with Gasteiger partial charge in [-0.3, -0.25) is 10.6 Å². The molecule has 0 aromatic heterocycles. The second-order valence-electron chi connectivity index (χ2n) is 3.64. The lowest BCUT2D eigenvalue weighted by Gasteiger charge is -2.28. The molecule has 2 bridgehead atoms. The van der Waals surface area contributed by atoms with E-state index in [0.717, 1.165) is 19.3 Å². The van der Waals surface area contributed by atoms with Crippen LogP contribution in [-0.4, -0.2) is 30.2 Å². The molecule has 1 saturated carbocycles. The van der Waals surface area contributed by atoms with Crippen LogP contribution in [0.4, 0.5) is 0 Å². The van der Waals surface area contributed by atoms with Gasteiger partial charge in [-0.2, -0.15) is 0 Å². The van der Waals surface area contributed by atoms with Crippen molar-refractivity contribution in [3.8, 4) is 0 Å². The molecule has 12 heavy (non-hydrogen) atoms. The van der Waals surface area contributed by atoms with Gasteiger partial charge in [0.15, 0.2) is 0 Å². The Morgan fingerprint density at radius 3 is 2.83 bits per heavy atom. The van der Waals surface area contributed by atoms with E-state index >= 15 is 0 Å². The van der Waals surface area contributed by atoms with E-state index in [1.165, 1.54) is 7.11 Å². The van der Waals surface area contributed by atoms with E-state index in [-0.39, 0.29) is 12.0 Å². The molecule has 1 saturated heterocycles. The van der Waals surface area contributed by atoms with Gasteiger partial charge in [-0.25, -0.2) is 5.01 Å². The summed E-state index contributed by atoms with van der Waals surface area (Å²) in [4.78, 5) is 11.3. The Hall–Kier alpha value is -0.610. The molecule has 3 atom stereocenters. The number of fused-ring (bicyclic) bond motifs is 2. The van der Waals surface area contributed by atoms with Crippen LogP contribution in [0, 0.1) is 5.92 Å². The first-order chi connectivity index (χ1) is 5.74. The molecule has 0 aromatic rings. The minimum Gasteiger partial charge on any atom is -0.468 e. The number of methoxy groups -OCH3 is 1. The summed E-state index contributed by atoms with van der Waals surface area (Å²) in [6, 6.07) is 0.243. The van der Waals surface area contributed by atoms with Crippen LogP contribution in [0.25, 0.3) is 0 Å². The minimum atomic E-state index is -0.176. The molecule has 2 N–H and O–H groups in total. The van der Waals surface area contributed by atoms with Crippen LogP contribution >= 0.6 is 0 Å². The molecule has 1 aliphatic heterocycles. The lowest BCUT2D eigenvalue weighted by Crippen LogP contribution is -2.50. The van der Waals surface area contributed by atoms with E-state index in [9.17, 15) is 4.79 Å². The highest BCUT2D eigenvalue weighted by molar-refractivity contribution is 5.76. The third-order valence-corrected chi connectivity index (χ3v) is 3.08. The topological polar surface area (TPSA) is 55.6 Å². The number of rotatable bonds is 1. The number of hydrogen-bond donors (Lipinski definition) is 1. The van der Waals surface area contributed by atoms with Gasteiger partial charge in [0.25, 0.3) is 0 Å². The van der Waals surface area contributed by atoms with Gasteiger partial charge in [-0.15, -0.1) is 0 Å². The van der Waals surface area contributed by atoms with Crippen LogP contribution in [0.5, 0.6) is 0 Å². The minimum absolute atomic E-state index is 0.172. The lowest BCUT2D eigenvalue weighted by molar-refractivity contribution is -0.148. The Morgan fingerprint density at radius 1 is 1.58 bits per heavy atom. The van der Waals surface area contributed by atoms with Crippen LogP contribution in [0.2, 0.25) is 0 Å². The number of carbonyl (C=O) groups is 1. The predicted octanol–water partition coefficient (Wildman–Crippen LogP) is -0.114. The lowest BCUT2D eigenvalue weighted by atomic mass is 10.00. The van der Waals surface area contributed by atoms with Crippen molar-refractivity contribution in [1.29, 1.82) is 0 Å². The van der Waals surface area contributed by atoms with Crippen molar-refractivity contribution >= 4 is 5.97 Å². The summed E-state index contributed by atoms with van der Waals surface area (Å²) in [7, 11) is 1.42. The number of ether oxygens (including phenoxy) is 1. The monoisotopic (exact) mass is 170 g/mol. The summed E-state index contributed by atoms with van der Waals surface area (Å²) >= 11 is 0. The number of hydrogen-bond acceptors (Lipinski definition) is 4. The Bertz CT molecular complexity index is 205. The number of piperidine rings is 1. The van der Waals surface area contributed by atoms with Crippen molar-refractivity contribution in [1.82, 2.24) is 5.01 Å². The SMILES string of the molecule is COC(=O)[C@@H]1[C@H]2CC[C@H](C2)N1N. The molecule has 0 amide bonds. The standard InChI is InChI=1S/C8H14N2O2/c1-12-8(11)7-5-2-3-6(4-5)10(7)9/h5-7H,2-4,9H2,1H3/t5-,6+,7-/m0/s1. The van der Waals surface area contributed by atoms with Gasteiger partial charge in [0.1, 0.15) is 6.04 Å². The Labute approximate surface area is 71.6 Å². The van der Waals surface area contributed by atoms with Crippen molar-refractivity contribution < 1.29 is 9.53 Å². The molecule has 4 nitrogen and oxygen atoms in total. The summed E-state index contributed by atoms with van der Waals surface area (Å²) in [5.41, 5.74) is 0. The maximum atomic E-state index is 11.3. The summed E-state index contributed by atoms with van der Waals surface area (Å²) < 4.78 is 4.70. The van der Waals surface area contributed by atoms with Crippen LogP contribution in [0.1, 0.15) is 19.3 Å². The molecule has 2 fully saturated rings. The van der Waals surface area contributed by atoms with Gasteiger partial charge in [-0.05, 0) is 25.2 Å². The summed E-state index contributed by atoms with van der Waals surface area (Å²) in [6.45, 7) is 0. The van der Waals surface area contributed by atoms with E-state index < -0.39 is 0 Å². The molecule has 0 radical (unpaired) electrons. The molecule has 1 aliphatic carbocycles. The summed E-state index contributed by atoms with van der Waals surface area (Å²) in [5, 5.41) is 1.68. The zero-order chi connectivity index (χ0) is 8.72. The predicted molar refractivity (Wildman–Crippen MR) is 43.0 cm³/mol. The normalized spacial score (nSPS) is 40.3. The van der Waals surface area contributed by atoms with Gasteiger partial charge in [0, 0.05) is 6.04 Å². The second-order valence-corrected chi connectivity index (χ2v) is 3.64. The largest absolute Gasteiger partial charge is 0.468 e. The number of nitrogens with zero attached hydrogens (tertiary/aromatic N) is 1. The zero-order valence-corrected chi connectivity index (χ0v) is 7.19. The highest BCUT2D eigenvalue weighted by atomic mass is 16.5. The molecule has 4 heteroatoms. The molecule has 1 heterocycles. The van der Waals surface area contributed by atoms with E-state index in [2.05, 4.69) is 0 Å². The van der Waals surface area contributed by atoms with E-state index in [1.807, 2.05) is 0 Å². The van der Waals surface area contributed by atoms with Crippen molar-refractivity contribution in [2.45, 2.75) is 31.3 Å². The first kappa shape index (κ1) is 8.01. The second kappa shape index (κ2) is 2.71. The van der Waals surface area contributed by atoms with Gasteiger partial charge in [-0.1, -0.05) is 0 Å². The van der Waals surface area contributed by atoms with Gasteiger partial charge >= 0.3 is 5.97 Å². The smallest absolute Gasteiger partial charge is 0.324 e. The van der Waals surface area contributed by atoms with E-state index in [0.29, 0.717) is 12.0 Å². The molecule has 0 aromatic carbocycles. The summed E-state index contributed by atoms with van der Waals surface area (Å²) in [6.07, 6.45) is 3.32.